The lowest BCUT2D eigenvalue weighted by Gasteiger charge is -2.23. The van der Waals surface area contributed by atoms with E-state index < -0.39 is 17.7 Å². The molecular formula is C24H30N2O4. The lowest BCUT2D eigenvalue weighted by atomic mass is 9.98. The summed E-state index contributed by atoms with van der Waals surface area (Å²) >= 11 is 0. The molecule has 1 atom stereocenters. The Kier molecular flexibility index (Phi) is 6.77. The Hall–Kier alpha value is -2.86. The maximum absolute atomic E-state index is 12.5. The highest BCUT2D eigenvalue weighted by atomic mass is 16.6. The first-order valence-corrected chi connectivity index (χ1v) is 10.3. The molecule has 2 N–H and O–H groups in total. The second-order valence-electron chi connectivity index (χ2n) is 8.52. The standard InChI is InChI=1S/C24H30N2O4/c1-24(2,3)30-22(27)13-16(14-25-4)26-23(28)29-15-21-19-11-7-5-9-17(19)18-10-6-8-12-20(18)21/h5-12,16,21,25H,13-15H2,1-4H3,(H,26,28)/t16-/m0/s1. The van der Waals surface area contributed by atoms with Crippen molar-refractivity contribution in [3.8, 4) is 11.1 Å². The Morgan fingerprint density at radius 1 is 1.00 bits per heavy atom. The molecule has 0 spiro atoms. The van der Waals surface area contributed by atoms with Crippen LogP contribution in [0, 0.1) is 0 Å². The minimum absolute atomic E-state index is 0.00300. The molecule has 0 heterocycles. The van der Waals surface area contributed by atoms with Gasteiger partial charge in [-0.25, -0.2) is 4.79 Å². The fourth-order valence-corrected chi connectivity index (χ4v) is 3.81. The molecule has 2 aromatic carbocycles. The first-order valence-electron chi connectivity index (χ1n) is 10.3. The van der Waals surface area contributed by atoms with Crippen LogP contribution in [0.4, 0.5) is 4.79 Å². The van der Waals surface area contributed by atoms with Gasteiger partial charge in [-0.15, -0.1) is 0 Å². The molecule has 0 bridgehead atoms. The molecule has 1 aliphatic rings. The van der Waals surface area contributed by atoms with Crippen molar-refractivity contribution < 1.29 is 19.1 Å². The summed E-state index contributed by atoms with van der Waals surface area (Å²) in [5.74, 6) is -0.363. The Balaban J connectivity index is 1.61. The Bertz CT molecular complexity index is 859. The third-order valence-electron chi connectivity index (χ3n) is 4.95. The highest BCUT2D eigenvalue weighted by molar-refractivity contribution is 5.79. The van der Waals surface area contributed by atoms with Gasteiger partial charge in [-0.3, -0.25) is 4.79 Å². The van der Waals surface area contributed by atoms with Gasteiger partial charge in [0.15, 0.2) is 0 Å². The molecule has 0 saturated carbocycles. The summed E-state index contributed by atoms with van der Waals surface area (Å²) in [6, 6.07) is 16.0. The SMILES string of the molecule is CNC[C@H](CC(=O)OC(C)(C)C)NC(=O)OCC1c2ccccc2-c2ccccc21. The molecular weight excluding hydrogens is 380 g/mol. The third-order valence-corrected chi connectivity index (χ3v) is 4.95. The number of alkyl carbamates (subject to hydrolysis) is 1. The Morgan fingerprint density at radius 3 is 2.10 bits per heavy atom. The quantitative estimate of drug-likeness (QED) is 0.678. The summed E-state index contributed by atoms with van der Waals surface area (Å²) in [6.07, 6.45) is -0.469. The normalized spacial score (nSPS) is 13.9. The van der Waals surface area contributed by atoms with E-state index in [4.69, 9.17) is 9.47 Å². The fourth-order valence-electron chi connectivity index (χ4n) is 3.81. The number of fused-ring (bicyclic) bond motifs is 3. The maximum atomic E-state index is 12.5. The monoisotopic (exact) mass is 410 g/mol. The zero-order valence-corrected chi connectivity index (χ0v) is 18.0. The Morgan fingerprint density at radius 2 is 1.57 bits per heavy atom. The van der Waals surface area contributed by atoms with Crippen molar-refractivity contribution in [1.29, 1.82) is 0 Å². The van der Waals surface area contributed by atoms with Crippen LogP contribution in [0.15, 0.2) is 48.5 Å². The van der Waals surface area contributed by atoms with Gasteiger partial charge in [-0.1, -0.05) is 48.5 Å². The number of likely N-dealkylation sites (N-methyl/N-ethyl adjacent to an activating group) is 1. The fraction of sp³-hybridized carbons (Fsp3) is 0.417. The topological polar surface area (TPSA) is 76.7 Å². The maximum Gasteiger partial charge on any atom is 0.407 e. The van der Waals surface area contributed by atoms with Gasteiger partial charge in [0.1, 0.15) is 12.2 Å². The summed E-state index contributed by atoms with van der Waals surface area (Å²) in [5, 5.41) is 5.77. The average Bonchev–Trinajstić information content (AvgIpc) is 2.99. The van der Waals surface area contributed by atoms with Crippen molar-refractivity contribution >= 4 is 12.1 Å². The number of hydrogen-bond acceptors (Lipinski definition) is 5. The number of nitrogens with one attached hydrogen (secondary N) is 2. The van der Waals surface area contributed by atoms with E-state index in [1.807, 2.05) is 45.0 Å². The van der Waals surface area contributed by atoms with Crippen LogP contribution in [0.1, 0.15) is 44.2 Å². The first-order chi connectivity index (χ1) is 14.3. The van der Waals surface area contributed by atoms with E-state index in [0.29, 0.717) is 6.54 Å². The molecule has 2 aromatic rings. The smallest absolute Gasteiger partial charge is 0.407 e. The highest BCUT2D eigenvalue weighted by Crippen LogP contribution is 2.44. The molecule has 1 aliphatic carbocycles. The van der Waals surface area contributed by atoms with Gasteiger partial charge in [0.2, 0.25) is 0 Å². The van der Waals surface area contributed by atoms with E-state index in [-0.39, 0.29) is 24.9 Å². The van der Waals surface area contributed by atoms with Crippen molar-refractivity contribution in [3.05, 3.63) is 59.7 Å². The van der Waals surface area contributed by atoms with Crippen LogP contribution in [0.5, 0.6) is 0 Å². The molecule has 0 fully saturated rings. The minimum Gasteiger partial charge on any atom is -0.460 e. The third kappa shape index (κ3) is 5.39. The number of benzene rings is 2. The van der Waals surface area contributed by atoms with E-state index in [1.165, 1.54) is 11.1 Å². The van der Waals surface area contributed by atoms with E-state index in [1.54, 1.807) is 7.05 Å². The predicted octanol–water partition coefficient (Wildman–Crippen LogP) is 3.84. The van der Waals surface area contributed by atoms with Gasteiger partial charge in [0, 0.05) is 12.5 Å². The van der Waals surface area contributed by atoms with Crippen LogP contribution in [-0.4, -0.2) is 43.9 Å². The molecule has 0 aromatic heterocycles. The molecule has 0 radical (unpaired) electrons. The number of rotatable bonds is 7. The van der Waals surface area contributed by atoms with Crippen LogP contribution in [0.2, 0.25) is 0 Å². The molecule has 0 saturated heterocycles. The second-order valence-corrected chi connectivity index (χ2v) is 8.52. The number of hydrogen-bond donors (Lipinski definition) is 2. The lowest BCUT2D eigenvalue weighted by Crippen LogP contribution is -2.44. The van der Waals surface area contributed by atoms with Gasteiger partial charge >= 0.3 is 12.1 Å². The van der Waals surface area contributed by atoms with Gasteiger partial charge < -0.3 is 20.1 Å². The van der Waals surface area contributed by atoms with Crippen LogP contribution in [-0.2, 0) is 14.3 Å². The lowest BCUT2D eigenvalue weighted by molar-refractivity contribution is -0.155. The number of esters is 1. The van der Waals surface area contributed by atoms with E-state index in [2.05, 4.69) is 34.9 Å². The van der Waals surface area contributed by atoms with Gasteiger partial charge in [0.05, 0.1) is 12.5 Å². The summed E-state index contributed by atoms with van der Waals surface area (Å²) in [7, 11) is 1.77. The summed E-state index contributed by atoms with van der Waals surface area (Å²) in [4.78, 5) is 24.6. The minimum atomic E-state index is -0.564. The molecule has 3 rings (SSSR count). The summed E-state index contributed by atoms with van der Waals surface area (Å²) in [6.45, 7) is 6.12. The van der Waals surface area contributed by atoms with Crippen LogP contribution >= 0.6 is 0 Å². The summed E-state index contributed by atoms with van der Waals surface area (Å²) in [5.41, 5.74) is 4.12. The van der Waals surface area contributed by atoms with Crippen molar-refractivity contribution in [2.75, 3.05) is 20.2 Å². The van der Waals surface area contributed by atoms with Gasteiger partial charge in [-0.05, 0) is 50.1 Å². The van der Waals surface area contributed by atoms with E-state index in [9.17, 15) is 9.59 Å². The predicted molar refractivity (Wildman–Crippen MR) is 116 cm³/mol. The Labute approximate surface area is 178 Å². The number of carbonyl (C=O) groups is 2. The van der Waals surface area contributed by atoms with Crippen LogP contribution < -0.4 is 10.6 Å². The van der Waals surface area contributed by atoms with Crippen LogP contribution in [0.3, 0.4) is 0 Å². The van der Waals surface area contributed by atoms with Crippen LogP contribution in [0.25, 0.3) is 11.1 Å². The van der Waals surface area contributed by atoms with Crippen molar-refractivity contribution in [1.82, 2.24) is 10.6 Å². The molecule has 6 heteroatoms. The average molecular weight is 411 g/mol. The van der Waals surface area contributed by atoms with Gasteiger partial charge in [-0.2, -0.15) is 0 Å². The second kappa shape index (κ2) is 9.30. The first kappa shape index (κ1) is 21.8. The van der Waals surface area contributed by atoms with Crippen molar-refractivity contribution in [3.63, 3.8) is 0 Å². The molecule has 30 heavy (non-hydrogen) atoms. The van der Waals surface area contributed by atoms with E-state index in [0.717, 1.165) is 11.1 Å². The van der Waals surface area contributed by atoms with Gasteiger partial charge in [0.25, 0.3) is 0 Å². The molecule has 1 amide bonds. The molecule has 6 nitrogen and oxygen atoms in total. The molecule has 0 aliphatic heterocycles. The van der Waals surface area contributed by atoms with Crippen molar-refractivity contribution in [2.24, 2.45) is 0 Å². The largest absolute Gasteiger partial charge is 0.460 e. The van der Waals surface area contributed by atoms with Crippen molar-refractivity contribution in [2.45, 2.75) is 44.8 Å². The zero-order valence-electron chi connectivity index (χ0n) is 18.0. The zero-order chi connectivity index (χ0) is 21.7. The molecule has 0 unspecified atom stereocenters. The highest BCUT2D eigenvalue weighted by Gasteiger charge is 2.29. The molecule has 160 valence electrons. The number of carbonyl (C=O) groups excluding carboxylic acids is 2. The summed E-state index contributed by atoms with van der Waals surface area (Å²) < 4.78 is 10.9. The number of amides is 1. The number of ether oxygens (including phenoxy) is 2. The van der Waals surface area contributed by atoms with E-state index >= 15 is 0 Å².